The summed E-state index contributed by atoms with van der Waals surface area (Å²) in [5, 5.41) is 0.809. The number of aromatic amines is 1. The van der Waals surface area contributed by atoms with Crippen LogP contribution in [0.25, 0.3) is 10.9 Å². The minimum Gasteiger partial charge on any atom is -0.462 e. The second-order valence-corrected chi connectivity index (χ2v) is 6.07. The topological polar surface area (TPSA) is 79.5 Å². The van der Waals surface area contributed by atoms with E-state index in [4.69, 9.17) is 4.74 Å². The molecular formula is C19H20N2O4. The molecule has 2 heterocycles. The van der Waals surface area contributed by atoms with E-state index in [1.807, 2.05) is 23.1 Å². The zero-order valence-corrected chi connectivity index (χ0v) is 14.1. The predicted molar refractivity (Wildman–Crippen MR) is 94.5 cm³/mol. The fourth-order valence-electron chi connectivity index (χ4n) is 3.16. The Hall–Kier alpha value is -2.73. The smallest absolute Gasteiger partial charge is 0.344 e. The molecule has 0 radical (unpaired) electrons. The molecular weight excluding hydrogens is 320 g/mol. The van der Waals surface area contributed by atoms with Crippen molar-refractivity contribution in [2.45, 2.75) is 13.5 Å². The van der Waals surface area contributed by atoms with Gasteiger partial charge < -0.3 is 9.72 Å². The van der Waals surface area contributed by atoms with Crippen molar-refractivity contribution in [3.63, 3.8) is 0 Å². The highest BCUT2D eigenvalue weighted by Crippen LogP contribution is 2.25. The summed E-state index contributed by atoms with van der Waals surface area (Å²) >= 11 is 0. The van der Waals surface area contributed by atoms with Crippen molar-refractivity contribution in [2.75, 3.05) is 19.7 Å². The highest BCUT2D eigenvalue weighted by molar-refractivity contribution is 5.97. The average Bonchev–Trinajstić information content (AvgIpc) is 2.56. The van der Waals surface area contributed by atoms with Crippen LogP contribution in [0.3, 0.4) is 0 Å². The first-order valence-corrected chi connectivity index (χ1v) is 8.24. The fraction of sp³-hybridized carbons (Fsp3) is 0.316. The fourth-order valence-corrected chi connectivity index (χ4v) is 3.16. The van der Waals surface area contributed by atoms with Gasteiger partial charge in [0, 0.05) is 36.5 Å². The SMILES string of the molecule is C=CC(=O)C1CN(Cc2c(C(=O)OCC)c(=O)[nH]c3ccccc23)C1. The van der Waals surface area contributed by atoms with E-state index in [2.05, 4.69) is 11.6 Å². The molecule has 25 heavy (non-hydrogen) atoms. The van der Waals surface area contributed by atoms with Crippen LogP contribution in [-0.2, 0) is 16.1 Å². The number of carbonyl (C=O) groups is 2. The van der Waals surface area contributed by atoms with Gasteiger partial charge in [-0.2, -0.15) is 0 Å². The molecule has 1 aromatic heterocycles. The quantitative estimate of drug-likeness (QED) is 0.642. The van der Waals surface area contributed by atoms with Crippen molar-refractivity contribution < 1.29 is 14.3 Å². The molecule has 2 aromatic rings. The molecule has 1 N–H and O–H groups in total. The summed E-state index contributed by atoms with van der Waals surface area (Å²) in [5.74, 6) is -0.654. The van der Waals surface area contributed by atoms with Crippen molar-refractivity contribution >= 4 is 22.7 Å². The lowest BCUT2D eigenvalue weighted by atomic mass is 9.93. The van der Waals surface area contributed by atoms with Crippen LogP contribution < -0.4 is 5.56 Å². The molecule has 0 aliphatic carbocycles. The molecule has 0 bridgehead atoms. The Morgan fingerprint density at radius 2 is 2.08 bits per heavy atom. The average molecular weight is 340 g/mol. The number of likely N-dealkylation sites (tertiary alicyclic amines) is 1. The number of H-pyrrole nitrogens is 1. The second-order valence-electron chi connectivity index (χ2n) is 6.07. The summed E-state index contributed by atoms with van der Waals surface area (Å²) in [6.45, 7) is 7.01. The summed E-state index contributed by atoms with van der Waals surface area (Å²) in [5.41, 5.74) is 0.905. The summed E-state index contributed by atoms with van der Waals surface area (Å²) in [7, 11) is 0. The van der Waals surface area contributed by atoms with Crippen LogP contribution in [0.5, 0.6) is 0 Å². The van der Waals surface area contributed by atoms with E-state index < -0.39 is 11.5 Å². The molecule has 6 nitrogen and oxygen atoms in total. The lowest BCUT2D eigenvalue weighted by Gasteiger charge is -2.38. The lowest BCUT2D eigenvalue weighted by Crippen LogP contribution is -2.49. The Morgan fingerprint density at radius 3 is 2.76 bits per heavy atom. The number of esters is 1. The van der Waals surface area contributed by atoms with E-state index in [9.17, 15) is 14.4 Å². The summed E-state index contributed by atoms with van der Waals surface area (Å²) in [6.07, 6.45) is 1.34. The van der Waals surface area contributed by atoms with Crippen LogP contribution >= 0.6 is 0 Å². The number of fused-ring (bicyclic) bond motifs is 1. The normalized spacial score (nSPS) is 14.9. The number of pyridine rings is 1. The lowest BCUT2D eigenvalue weighted by molar-refractivity contribution is -0.123. The molecule has 1 aromatic carbocycles. The van der Waals surface area contributed by atoms with Gasteiger partial charge in [0.1, 0.15) is 5.56 Å². The number of para-hydroxylation sites is 1. The Kier molecular flexibility index (Phi) is 4.81. The maximum Gasteiger partial charge on any atom is 0.344 e. The van der Waals surface area contributed by atoms with Gasteiger partial charge >= 0.3 is 5.97 Å². The number of nitrogens with one attached hydrogen (secondary N) is 1. The van der Waals surface area contributed by atoms with Crippen LogP contribution in [0.15, 0.2) is 41.7 Å². The molecule has 3 rings (SSSR count). The number of carbonyl (C=O) groups excluding carboxylic acids is 2. The first kappa shape index (κ1) is 17.1. The van der Waals surface area contributed by atoms with E-state index in [0.717, 1.165) is 5.39 Å². The van der Waals surface area contributed by atoms with E-state index >= 15 is 0 Å². The Bertz CT molecular complexity index is 894. The van der Waals surface area contributed by atoms with E-state index in [0.29, 0.717) is 30.7 Å². The minimum absolute atomic E-state index is 0.0256. The highest BCUT2D eigenvalue weighted by Gasteiger charge is 2.32. The number of nitrogens with zero attached hydrogens (tertiary/aromatic N) is 1. The molecule has 0 unspecified atom stereocenters. The first-order chi connectivity index (χ1) is 12.0. The van der Waals surface area contributed by atoms with Crippen LogP contribution in [0.2, 0.25) is 0 Å². The van der Waals surface area contributed by atoms with Gasteiger partial charge in [-0.25, -0.2) is 4.79 Å². The number of benzene rings is 1. The summed E-state index contributed by atoms with van der Waals surface area (Å²) in [4.78, 5) is 41.2. The third-order valence-corrected chi connectivity index (χ3v) is 4.45. The van der Waals surface area contributed by atoms with E-state index in [1.54, 1.807) is 13.0 Å². The molecule has 6 heteroatoms. The van der Waals surface area contributed by atoms with Crippen molar-refractivity contribution in [1.82, 2.24) is 9.88 Å². The van der Waals surface area contributed by atoms with Crippen molar-refractivity contribution in [3.05, 3.63) is 58.4 Å². The van der Waals surface area contributed by atoms with E-state index in [-0.39, 0.29) is 23.9 Å². The number of rotatable bonds is 6. The van der Waals surface area contributed by atoms with Crippen molar-refractivity contribution in [3.8, 4) is 0 Å². The highest BCUT2D eigenvalue weighted by atomic mass is 16.5. The Morgan fingerprint density at radius 1 is 1.36 bits per heavy atom. The summed E-state index contributed by atoms with van der Waals surface area (Å²) < 4.78 is 5.06. The van der Waals surface area contributed by atoms with Crippen molar-refractivity contribution in [2.24, 2.45) is 5.92 Å². The maximum atomic E-state index is 12.4. The second kappa shape index (κ2) is 7.03. The minimum atomic E-state index is -0.622. The van der Waals surface area contributed by atoms with Crippen LogP contribution in [0.1, 0.15) is 22.8 Å². The van der Waals surface area contributed by atoms with E-state index in [1.165, 1.54) is 6.08 Å². The zero-order valence-electron chi connectivity index (χ0n) is 14.1. The first-order valence-electron chi connectivity index (χ1n) is 8.24. The Balaban J connectivity index is 1.98. The predicted octanol–water partition coefficient (Wildman–Crippen LogP) is 1.89. The molecule has 0 atom stereocenters. The molecule has 130 valence electrons. The summed E-state index contributed by atoms with van der Waals surface area (Å²) in [6, 6.07) is 7.36. The van der Waals surface area contributed by atoms with Crippen LogP contribution in [0, 0.1) is 5.92 Å². The maximum absolute atomic E-state index is 12.4. The largest absolute Gasteiger partial charge is 0.462 e. The van der Waals surface area contributed by atoms with Gasteiger partial charge in [0.15, 0.2) is 5.78 Å². The molecule has 1 aliphatic rings. The van der Waals surface area contributed by atoms with Crippen LogP contribution in [0.4, 0.5) is 0 Å². The van der Waals surface area contributed by atoms with Gasteiger partial charge in [-0.3, -0.25) is 14.5 Å². The molecule has 1 aliphatic heterocycles. The van der Waals surface area contributed by atoms with Gasteiger partial charge in [0.05, 0.1) is 6.61 Å². The van der Waals surface area contributed by atoms with Gasteiger partial charge in [-0.15, -0.1) is 0 Å². The third-order valence-electron chi connectivity index (χ3n) is 4.45. The zero-order chi connectivity index (χ0) is 18.0. The molecule has 1 saturated heterocycles. The number of hydrogen-bond donors (Lipinski definition) is 1. The number of hydrogen-bond acceptors (Lipinski definition) is 5. The molecule has 0 amide bonds. The van der Waals surface area contributed by atoms with Gasteiger partial charge in [-0.05, 0) is 24.6 Å². The Labute approximate surface area is 145 Å². The molecule has 1 fully saturated rings. The number of ketones is 1. The number of aromatic nitrogens is 1. The number of ether oxygens (including phenoxy) is 1. The van der Waals surface area contributed by atoms with Gasteiger partial charge in [-0.1, -0.05) is 24.8 Å². The van der Waals surface area contributed by atoms with Crippen molar-refractivity contribution in [1.29, 1.82) is 0 Å². The van der Waals surface area contributed by atoms with Crippen LogP contribution in [-0.4, -0.2) is 41.3 Å². The van der Waals surface area contributed by atoms with Gasteiger partial charge in [0.2, 0.25) is 0 Å². The number of allylic oxidation sites excluding steroid dienone is 1. The molecule has 0 saturated carbocycles. The standard InChI is InChI=1S/C19H20N2O4/c1-3-16(22)12-9-21(10-12)11-14-13-7-5-6-8-15(13)20-18(23)17(14)19(24)25-4-2/h3,5-8,12H,1,4,9-11H2,2H3,(H,20,23). The monoisotopic (exact) mass is 340 g/mol. The van der Waals surface area contributed by atoms with Gasteiger partial charge in [0.25, 0.3) is 5.56 Å². The third kappa shape index (κ3) is 3.25. The molecule has 0 spiro atoms.